The van der Waals surface area contributed by atoms with E-state index in [2.05, 4.69) is 10.6 Å². The van der Waals surface area contributed by atoms with Crippen LogP contribution in [0.3, 0.4) is 0 Å². The summed E-state index contributed by atoms with van der Waals surface area (Å²) in [6.07, 6.45) is 0. The third-order valence-electron chi connectivity index (χ3n) is 3.60. The van der Waals surface area contributed by atoms with Gasteiger partial charge in [0.2, 0.25) is 0 Å². The molecule has 0 saturated heterocycles. The summed E-state index contributed by atoms with van der Waals surface area (Å²) in [5.41, 5.74) is 0.361. The van der Waals surface area contributed by atoms with Crippen molar-refractivity contribution in [3.8, 4) is 0 Å². The molecule has 0 atom stereocenters. The number of esters is 1. The van der Waals surface area contributed by atoms with E-state index in [1.807, 2.05) is 13.8 Å². The molecule has 0 unspecified atom stereocenters. The molecule has 6 nitrogen and oxygen atoms in total. The Morgan fingerprint density at radius 2 is 1.79 bits per heavy atom. The fourth-order valence-corrected chi connectivity index (χ4v) is 2.34. The summed E-state index contributed by atoms with van der Waals surface area (Å²) in [6, 6.07) is 9.16. The maximum Gasteiger partial charge on any atom is 0.340 e. The van der Waals surface area contributed by atoms with E-state index < -0.39 is 30.2 Å². The normalized spacial score (nSPS) is 10.5. The van der Waals surface area contributed by atoms with Crippen LogP contribution in [-0.4, -0.2) is 30.9 Å². The van der Waals surface area contributed by atoms with E-state index >= 15 is 0 Å². The molecule has 0 bridgehead atoms. The van der Waals surface area contributed by atoms with Crippen molar-refractivity contribution in [3.05, 3.63) is 64.4 Å². The molecule has 0 aliphatic carbocycles. The molecular weight excluding hydrogens is 387 g/mol. The van der Waals surface area contributed by atoms with Crippen LogP contribution < -0.4 is 10.6 Å². The monoisotopic (exact) mass is 406 g/mol. The first-order chi connectivity index (χ1) is 13.3. The number of hydrogen-bond donors (Lipinski definition) is 2. The van der Waals surface area contributed by atoms with Gasteiger partial charge in [-0.15, -0.1) is 0 Å². The van der Waals surface area contributed by atoms with Crippen molar-refractivity contribution in [2.24, 2.45) is 5.92 Å². The van der Waals surface area contributed by atoms with Crippen LogP contribution in [0.5, 0.6) is 0 Å². The second-order valence-corrected chi connectivity index (χ2v) is 6.86. The number of hydrogen-bond acceptors (Lipinski definition) is 4. The van der Waals surface area contributed by atoms with Crippen LogP contribution in [0.25, 0.3) is 0 Å². The predicted molar refractivity (Wildman–Crippen MR) is 104 cm³/mol. The van der Waals surface area contributed by atoms with Crippen molar-refractivity contribution >= 4 is 35.1 Å². The molecule has 0 aliphatic rings. The highest BCUT2D eigenvalue weighted by Gasteiger charge is 2.17. The van der Waals surface area contributed by atoms with Crippen LogP contribution in [0.4, 0.5) is 10.1 Å². The number of ether oxygens (including phenoxy) is 1. The van der Waals surface area contributed by atoms with Gasteiger partial charge < -0.3 is 15.4 Å². The number of carbonyl (C=O) groups is 3. The van der Waals surface area contributed by atoms with Crippen molar-refractivity contribution in [2.45, 2.75) is 13.8 Å². The Labute approximate surface area is 167 Å². The van der Waals surface area contributed by atoms with E-state index in [0.29, 0.717) is 11.6 Å². The molecular formula is C20H20ClFN2O4. The standard InChI is InChI=1S/C20H20ClFN2O4/c1-12(2)10-23-18(25)11-28-20(27)16-8-5-14(21)9-17(16)24-19(26)13-3-6-15(22)7-4-13/h3-9,12H,10-11H2,1-2H3,(H,23,25)(H,24,26). The largest absolute Gasteiger partial charge is 0.452 e. The fraction of sp³-hybridized carbons (Fsp3) is 0.250. The lowest BCUT2D eigenvalue weighted by Crippen LogP contribution is -2.31. The number of rotatable bonds is 7. The zero-order chi connectivity index (χ0) is 20.7. The molecule has 0 saturated carbocycles. The first-order valence-electron chi connectivity index (χ1n) is 8.56. The minimum Gasteiger partial charge on any atom is -0.452 e. The Bertz CT molecular complexity index is 869. The molecule has 0 fully saturated rings. The lowest BCUT2D eigenvalue weighted by atomic mass is 10.1. The smallest absolute Gasteiger partial charge is 0.340 e. The lowest BCUT2D eigenvalue weighted by Gasteiger charge is -2.12. The summed E-state index contributed by atoms with van der Waals surface area (Å²) < 4.78 is 18.0. The van der Waals surface area contributed by atoms with Gasteiger partial charge in [0.1, 0.15) is 5.82 Å². The summed E-state index contributed by atoms with van der Waals surface area (Å²) in [6.45, 7) is 3.90. The van der Waals surface area contributed by atoms with Crippen molar-refractivity contribution in [3.63, 3.8) is 0 Å². The molecule has 2 aromatic rings. The van der Waals surface area contributed by atoms with E-state index in [-0.39, 0.29) is 22.7 Å². The molecule has 148 valence electrons. The van der Waals surface area contributed by atoms with Crippen molar-refractivity contribution in [1.82, 2.24) is 5.32 Å². The zero-order valence-corrected chi connectivity index (χ0v) is 16.2. The number of anilines is 1. The quantitative estimate of drug-likeness (QED) is 0.687. The second-order valence-electron chi connectivity index (χ2n) is 6.42. The third-order valence-corrected chi connectivity index (χ3v) is 3.83. The third kappa shape index (κ3) is 6.35. The highest BCUT2D eigenvalue weighted by Crippen LogP contribution is 2.23. The Balaban J connectivity index is 2.08. The molecule has 2 aromatic carbocycles. The molecule has 2 rings (SSSR count). The van der Waals surface area contributed by atoms with Crippen LogP contribution in [0.15, 0.2) is 42.5 Å². The van der Waals surface area contributed by atoms with Gasteiger partial charge in [-0.25, -0.2) is 9.18 Å². The molecule has 0 radical (unpaired) electrons. The van der Waals surface area contributed by atoms with Crippen LogP contribution in [-0.2, 0) is 9.53 Å². The lowest BCUT2D eigenvalue weighted by molar-refractivity contribution is -0.124. The predicted octanol–water partition coefficient (Wildman–Crippen LogP) is 3.66. The number of carbonyl (C=O) groups excluding carboxylic acids is 3. The van der Waals surface area contributed by atoms with E-state index in [4.69, 9.17) is 16.3 Å². The number of halogens is 2. The fourth-order valence-electron chi connectivity index (χ4n) is 2.17. The molecule has 0 aliphatic heterocycles. The molecule has 0 spiro atoms. The van der Waals surface area contributed by atoms with E-state index in [1.165, 1.54) is 30.3 Å². The van der Waals surface area contributed by atoms with E-state index in [0.717, 1.165) is 12.1 Å². The summed E-state index contributed by atoms with van der Waals surface area (Å²) in [4.78, 5) is 36.4. The Morgan fingerprint density at radius 1 is 1.11 bits per heavy atom. The van der Waals surface area contributed by atoms with Crippen molar-refractivity contribution < 1.29 is 23.5 Å². The molecule has 2 amide bonds. The summed E-state index contributed by atoms with van der Waals surface area (Å²) in [5.74, 6) is -1.96. The molecule has 0 aromatic heterocycles. The van der Waals surface area contributed by atoms with Gasteiger partial charge in [0.25, 0.3) is 11.8 Å². The van der Waals surface area contributed by atoms with E-state index in [9.17, 15) is 18.8 Å². The second kappa shape index (κ2) is 9.85. The number of nitrogens with one attached hydrogen (secondary N) is 2. The maximum absolute atomic E-state index is 13.0. The average molecular weight is 407 g/mol. The Kier molecular flexibility index (Phi) is 7.52. The highest BCUT2D eigenvalue weighted by atomic mass is 35.5. The molecule has 8 heteroatoms. The average Bonchev–Trinajstić information content (AvgIpc) is 2.65. The first kappa shape index (κ1) is 21.4. The minimum atomic E-state index is -0.786. The number of benzene rings is 2. The number of amides is 2. The van der Waals surface area contributed by atoms with Crippen LogP contribution in [0.1, 0.15) is 34.6 Å². The van der Waals surface area contributed by atoms with Crippen LogP contribution >= 0.6 is 11.6 Å². The van der Waals surface area contributed by atoms with E-state index in [1.54, 1.807) is 0 Å². The van der Waals surface area contributed by atoms with Crippen LogP contribution in [0.2, 0.25) is 5.02 Å². The summed E-state index contributed by atoms with van der Waals surface area (Å²) >= 11 is 5.95. The Morgan fingerprint density at radius 3 is 2.43 bits per heavy atom. The maximum atomic E-state index is 13.0. The first-order valence-corrected chi connectivity index (χ1v) is 8.94. The van der Waals surface area contributed by atoms with Crippen LogP contribution in [0, 0.1) is 11.7 Å². The summed E-state index contributed by atoms with van der Waals surface area (Å²) in [7, 11) is 0. The minimum absolute atomic E-state index is 0.0384. The van der Waals surface area contributed by atoms with Gasteiger partial charge in [0.05, 0.1) is 11.3 Å². The van der Waals surface area contributed by atoms with Gasteiger partial charge in [-0.2, -0.15) is 0 Å². The topological polar surface area (TPSA) is 84.5 Å². The zero-order valence-electron chi connectivity index (χ0n) is 15.4. The Hall–Kier alpha value is -2.93. The molecule has 0 heterocycles. The van der Waals surface area contributed by atoms with Gasteiger partial charge >= 0.3 is 5.97 Å². The SMILES string of the molecule is CC(C)CNC(=O)COC(=O)c1ccc(Cl)cc1NC(=O)c1ccc(F)cc1. The van der Waals surface area contributed by atoms with Crippen molar-refractivity contribution in [1.29, 1.82) is 0 Å². The van der Waals surface area contributed by atoms with Gasteiger partial charge in [0.15, 0.2) is 6.61 Å². The van der Waals surface area contributed by atoms with Crippen molar-refractivity contribution in [2.75, 3.05) is 18.5 Å². The highest BCUT2D eigenvalue weighted by molar-refractivity contribution is 6.31. The summed E-state index contributed by atoms with van der Waals surface area (Å²) in [5, 5.41) is 5.47. The van der Waals surface area contributed by atoms with Gasteiger partial charge in [-0.3, -0.25) is 9.59 Å². The van der Waals surface area contributed by atoms with Gasteiger partial charge in [0, 0.05) is 17.1 Å². The molecule has 28 heavy (non-hydrogen) atoms. The van der Waals surface area contributed by atoms with Gasteiger partial charge in [-0.1, -0.05) is 25.4 Å². The molecule has 2 N–H and O–H groups in total. The van der Waals surface area contributed by atoms with Gasteiger partial charge in [-0.05, 0) is 48.4 Å².